The average Bonchev–Trinajstić information content (AvgIpc) is 2.44. The number of hydrogen-bond donors (Lipinski definition) is 2. The second kappa shape index (κ2) is 7.48. The van der Waals surface area contributed by atoms with Crippen LogP contribution in [0.1, 0.15) is 46.0 Å². The van der Waals surface area contributed by atoms with Crippen molar-refractivity contribution in [3.63, 3.8) is 0 Å². The van der Waals surface area contributed by atoms with Crippen molar-refractivity contribution < 1.29 is 14.7 Å². The Bertz CT molecular complexity index is 306. The molecule has 0 aromatic carbocycles. The summed E-state index contributed by atoms with van der Waals surface area (Å²) in [6.07, 6.45) is 4.10. The van der Waals surface area contributed by atoms with Gasteiger partial charge in [-0.2, -0.15) is 0 Å². The first-order chi connectivity index (χ1) is 9.06. The highest BCUT2D eigenvalue weighted by molar-refractivity contribution is 5.85. The molecule has 19 heavy (non-hydrogen) atoms. The van der Waals surface area contributed by atoms with Gasteiger partial charge < -0.3 is 15.3 Å². The van der Waals surface area contributed by atoms with Crippen LogP contribution in [0.4, 0.5) is 0 Å². The number of rotatable bonds is 7. The van der Waals surface area contributed by atoms with Crippen molar-refractivity contribution in [2.45, 2.75) is 46.0 Å². The predicted octanol–water partition coefficient (Wildman–Crippen LogP) is 0.914. The molecule has 0 aromatic rings. The van der Waals surface area contributed by atoms with Crippen molar-refractivity contribution in [2.24, 2.45) is 5.41 Å². The highest BCUT2D eigenvalue weighted by Crippen LogP contribution is 2.24. The summed E-state index contributed by atoms with van der Waals surface area (Å²) in [6, 6.07) is 0. The first-order valence-corrected chi connectivity index (χ1v) is 7.22. The van der Waals surface area contributed by atoms with Crippen LogP contribution in [0.5, 0.6) is 0 Å². The number of likely N-dealkylation sites (tertiary alicyclic amines) is 1. The summed E-state index contributed by atoms with van der Waals surface area (Å²) < 4.78 is 0. The molecule has 0 atom stereocenters. The van der Waals surface area contributed by atoms with Crippen LogP contribution in [0.2, 0.25) is 0 Å². The summed E-state index contributed by atoms with van der Waals surface area (Å²) in [6.45, 7) is 5.40. The number of hydrogen-bond acceptors (Lipinski definition) is 3. The van der Waals surface area contributed by atoms with Crippen molar-refractivity contribution in [1.82, 2.24) is 10.2 Å². The zero-order valence-corrected chi connectivity index (χ0v) is 12.1. The Labute approximate surface area is 115 Å². The molecule has 1 saturated heterocycles. The van der Waals surface area contributed by atoms with E-state index in [1.165, 1.54) is 0 Å². The van der Waals surface area contributed by atoms with Gasteiger partial charge in [0.25, 0.3) is 0 Å². The summed E-state index contributed by atoms with van der Waals surface area (Å²) in [5.41, 5.74) is -0.235. The Morgan fingerprint density at radius 2 is 2.05 bits per heavy atom. The van der Waals surface area contributed by atoms with E-state index in [1.807, 2.05) is 13.8 Å². The zero-order valence-electron chi connectivity index (χ0n) is 12.1. The molecule has 0 radical (unpaired) electrons. The monoisotopic (exact) mass is 270 g/mol. The SMILES string of the molecule is CCC(CC)(CO)CNC(=O)CN1CCCCC1=O. The molecule has 0 unspecified atom stereocenters. The van der Waals surface area contributed by atoms with Crippen LogP contribution in [0.25, 0.3) is 0 Å². The fraction of sp³-hybridized carbons (Fsp3) is 0.857. The van der Waals surface area contributed by atoms with Crippen LogP contribution in [0.15, 0.2) is 0 Å². The second-order valence-electron chi connectivity index (χ2n) is 5.41. The molecule has 0 aliphatic carbocycles. The molecule has 1 aliphatic heterocycles. The van der Waals surface area contributed by atoms with E-state index in [2.05, 4.69) is 5.32 Å². The van der Waals surface area contributed by atoms with Gasteiger partial charge in [0, 0.05) is 24.9 Å². The Hall–Kier alpha value is -1.10. The summed E-state index contributed by atoms with van der Waals surface area (Å²) in [5, 5.41) is 12.3. The number of carbonyl (C=O) groups is 2. The van der Waals surface area contributed by atoms with Gasteiger partial charge in [0.1, 0.15) is 0 Å². The van der Waals surface area contributed by atoms with E-state index in [4.69, 9.17) is 0 Å². The molecule has 5 nitrogen and oxygen atoms in total. The third-order valence-corrected chi connectivity index (χ3v) is 4.25. The van der Waals surface area contributed by atoms with E-state index in [9.17, 15) is 14.7 Å². The number of aliphatic hydroxyl groups is 1. The largest absolute Gasteiger partial charge is 0.396 e. The highest BCUT2D eigenvalue weighted by atomic mass is 16.3. The van der Waals surface area contributed by atoms with Crippen molar-refractivity contribution >= 4 is 11.8 Å². The van der Waals surface area contributed by atoms with Crippen molar-refractivity contribution in [3.8, 4) is 0 Å². The molecule has 1 heterocycles. The fourth-order valence-electron chi connectivity index (χ4n) is 2.32. The number of aliphatic hydroxyl groups excluding tert-OH is 1. The van der Waals surface area contributed by atoms with Crippen molar-refractivity contribution in [2.75, 3.05) is 26.2 Å². The number of nitrogens with one attached hydrogen (secondary N) is 1. The van der Waals surface area contributed by atoms with Crippen molar-refractivity contribution in [3.05, 3.63) is 0 Å². The zero-order chi connectivity index (χ0) is 14.3. The molecule has 0 spiro atoms. The second-order valence-corrected chi connectivity index (χ2v) is 5.41. The highest BCUT2D eigenvalue weighted by Gasteiger charge is 2.26. The molecule has 1 aliphatic rings. The minimum atomic E-state index is -0.235. The van der Waals surface area contributed by atoms with E-state index in [0.29, 0.717) is 19.5 Å². The summed E-state index contributed by atoms with van der Waals surface area (Å²) >= 11 is 0. The molecule has 0 saturated carbocycles. The number of carbonyl (C=O) groups excluding carboxylic acids is 2. The minimum Gasteiger partial charge on any atom is -0.396 e. The molecule has 2 N–H and O–H groups in total. The summed E-state index contributed by atoms with van der Waals surface area (Å²) in [5.74, 6) is -0.0595. The Morgan fingerprint density at radius 3 is 2.58 bits per heavy atom. The van der Waals surface area contributed by atoms with Crippen LogP contribution in [0, 0.1) is 5.41 Å². The van der Waals surface area contributed by atoms with Gasteiger partial charge in [-0.1, -0.05) is 13.8 Å². The first-order valence-electron chi connectivity index (χ1n) is 7.22. The molecule has 2 amide bonds. The van der Waals surface area contributed by atoms with Crippen LogP contribution < -0.4 is 5.32 Å². The van der Waals surface area contributed by atoms with E-state index < -0.39 is 0 Å². The molecule has 5 heteroatoms. The van der Waals surface area contributed by atoms with Gasteiger partial charge in [-0.05, 0) is 25.7 Å². The minimum absolute atomic E-state index is 0.0702. The van der Waals surface area contributed by atoms with Crippen LogP contribution in [-0.2, 0) is 9.59 Å². The third kappa shape index (κ3) is 4.49. The molecule has 1 fully saturated rings. The summed E-state index contributed by atoms with van der Waals surface area (Å²) in [7, 11) is 0. The van der Waals surface area contributed by atoms with Crippen LogP contribution in [0.3, 0.4) is 0 Å². The van der Waals surface area contributed by atoms with Crippen LogP contribution >= 0.6 is 0 Å². The van der Waals surface area contributed by atoms with Crippen LogP contribution in [-0.4, -0.2) is 48.1 Å². The Balaban J connectivity index is 2.40. The Morgan fingerprint density at radius 1 is 1.37 bits per heavy atom. The Kier molecular flexibility index (Phi) is 6.28. The quantitative estimate of drug-likeness (QED) is 0.722. The number of amides is 2. The van der Waals surface area contributed by atoms with Gasteiger partial charge in [0.05, 0.1) is 13.2 Å². The number of nitrogens with zero attached hydrogens (tertiary/aromatic N) is 1. The predicted molar refractivity (Wildman–Crippen MR) is 73.5 cm³/mol. The van der Waals surface area contributed by atoms with Gasteiger partial charge in [-0.3, -0.25) is 9.59 Å². The van der Waals surface area contributed by atoms with E-state index in [0.717, 1.165) is 25.7 Å². The molecule has 0 aromatic heterocycles. The van der Waals surface area contributed by atoms with Gasteiger partial charge in [0.15, 0.2) is 0 Å². The molecular formula is C14H26N2O3. The lowest BCUT2D eigenvalue weighted by molar-refractivity contribution is -0.138. The van der Waals surface area contributed by atoms with E-state index in [-0.39, 0.29) is 30.4 Å². The molecule has 0 bridgehead atoms. The normalized spacial score (nSPS) is 16.6. The lowest BCUT2D eigenvalue weighted by Crippen LogP contribution is -2.46. The number of piperidine rings is 1. The maximum Gasteiger partial charge on any atom is 0.239 e. The maximum atomic E-state index is 11.9. The lowest BCUT2D eigenvalue weighted by Gasteiger charge is -2.31. The first kappa shape index (κ1) is 16.0. The fourth-order valence-corrected chi connectivity index (χ4v) is 2.32. The smallest absolute Gasteiger partial charge is 0.239 e. The van der Waals surface area contributed by atoms with Gasteiger partial charge >= 0.3 is 0 Å². The molecule has 110 valence electrons. The standard InChI is InChI=1S/C14H26N2O3/c1-3-14(4-2,11-17)10-15-12(18)9-16-8-6-5-7-13(16)19/h17H,3-11H2,1-2H3,(H,15,18). The lowest BCUT2D eigenvalue weighted by atomic mass is 9.83. The molecule has 1 rings (SSSR count). The summed E-state index contributed by atoms with van der Waals surface area (Å²) in [4.78, 5) is 25.1. The van der Waals surface area contributed by atoms with Crippen molar-refractivity contribution in [1.29, 1.82) is 0 Å². The maximum absolute atomic E-state index is 11.9. The van der Waals surface area contributed by atoms with Gasteiger partial charge in [0.2, 0.25) is 11.8 Å². The molecular weight excluding hydrogens is 244 g/mol. The van der Waals surface area contributed by atoms with Gasteiger partial charge in [-0.15, -0.1) is 0 Å². The van der Waals surface area contributed by atoms with E-state index in [1.54, 1.807) is 4.90 Å². The topological polar surface area (TPSA) is 69.6 Å². The van der Waals surface area contributed by atoms with Gasteiger partial charge in [-0.25, -0.2) is 0 Å². The third-order valence-electron chi connectivity index (χ3n) is 4.25. The van der Waals surface area contributed by atoms with E-state index >= 15 is 0 Å². The average molecular weight is 270 g/mol.